The molecule has 0 spiro atoms. The van der Waals surface area contributed by atoms with Crippen LogP contribution in [0.5, 0.6) is 0 Å². The average molecular weight is 1870 g/mol. The van der Waals surface area contributed by atoms with Crippen molar-refractivity contribution in [2.75, 3.05) is 54.1 Å². The van der Waals surface area contributed by atoms with Crippen LogP contribution < -0.4 is 62.0 Å². The molecule has 9 rings (SSSR count). The van der Waals surface area contributed by atoms with E-state index < -0.39 is 194 Å². The molecule has 5 saturated heterocycles. The first-order valence-electron chi connectivity index (χ1n) is 39.5. The Bertz CT molecular complexity index is 4160. The number of aromatic nitrogens is 8. The summed E-state index contributed by atoms with van der Waals surface area (Å²) in [7, 11) is -2.80. The summed E-state index contributed by atoms with van der Waals surface area (Å²) in [6.45, 7) is 59.3. The van der Waals surface area contributed by atoms with Crippen molar-refractivity contribution in [2.24, 2.45) is 0 Å². The fourth-order valence-corrected chi connectivity index (χ4v) is 16.9. The van der Waals surface area contributed by atoms with Crippen LogP contribution in [0.2, 0.25) is 72.5 Å². The fourth-order valence-electron chi connectivity index (χ4n) is 11.7. The third-order valence-electron chi connectivity index (χ3n) is 22.2. The van der Waals surface area contributed by atoms with E-state index in [-0.39, 0.29) is 74.2 Å². The zero-order valence-electron chi connectivity index (χ0n) is 75.3. The predicted molar refractivity (Wildman–Crippen MR) is 472 cm³/mol. The van der Waals surface area contributed by atoms with Gasteiger partial charge in [0.25, 0.3) is 22.2 Å². The third kappa shape index (κ3) is 31.1. The number of aliphatic hydroxyl groups excluding tert-OH is 3. The SMILES string of the molecule is C.C1CCOC1.C=CC[C@@H](O)[C@H]1O[C@@H](n2ccc(=O)[nH]c2=O)[C@@H](OC)C1O[Si](C)(C)C(C)(C)C.C=CC[C@H](O)[C@H]1O[C@@H](n2ccc(=O)[nH]c2=O)[C@@H](OC)C1O[Si](C)(C)C(C)(C)C.C=C[CH2-].CO[C@H]1C(O[Si](C)(C)C(C)(C)C)[C@@H](C=O)O[C@H]1n1ccc(=O)[nH]c1=O.CO[C@H]1C(O[Si](C)(C)C(C)(C)C)[C@@H](CO)O[C@H]1n1ccc(=O)[nH]c1=O.[3H]C(C)Cl.[Br-].[Mg+2]. The number of aldehydes is 1. The maximum absolute atomic E-state index is 12.3. The first kappa shape index (κ1) is 113. The summed E-state index contributed by atoms with van der Waals surface area (Å²) >= 11 is 4.94. The molecule has 19 atom stereocenters. The molecule has 0 aromatic carbocycles. The number of carbonyl (C=O) groups is 1. The van der Waals surface area contributed by atoms with E-state index in [0.717, 1.165) is 13.2 Å². The summed E-state index contributed by atoms with van der Waals surface area (Å²) < 4.78 is 88.4. The molecule has 5 aliphatic heterocycles. The molecule has 9 heterocycles. The molecule has 33 nitrogen and oxygen atoms in total. The smallest absolute Gasteiger partial charge is 1.00 e. The molecule has 0 saturated carbocycles. The van der Waals surface area contributed by atoms with E-state index in [0.29, 0.717) is 19.1 Å². The Morgan fingerprint density at radius 1 is 0.508 bits per heavy atom. The Balaban J connectivity index is 0.00000150. The van der Waals surface area contributed by atoms with Gasteiger partial charge in [0.15, 0.2) is 64.5 Å². The van der Waals surface area contributed by atoms with E-state index >= 15 is 0 Å². The van der Waals surface area contributed by atoms with Gasteiger partial charge in [0.1, 0.15) is 73.2 Å². The largest absolute Gasteiger partial charge is 2.00 e. The number of aromatic amines is 4. The first-order valence-corrected chi connectivity index (χ1v) is 51.0. The number of allylic oxidation sites excluding steroid dienone is 1. The fraction of sp³-hybridized carbons (Fsp3) is 0.700. The summed E-state index contributed by atoms with van der Waals surface area (Å²) in [6.07, 6.45) is 1.20. The molecule has 0 amide bonds. The van der Waals surface area contributed by atoms with Crippen molar-refractivity contribution in [3.05, 3.63) is 177 Å². The minimum Gasteiger partial charge on any atom is -1.00 e. The Labute approximate surface area is 743 Å². The van der Waals surface area contributed by atoms with Gasteiger partial charge in [-0.1, -0.05) is 110 Å². The zero-order chi connectivity index (χ0) is 90.4. The standard InChI is InChI=1S/2C19H32N2O6Si.C16H28N2O6Si.C16H26N2O6Si.C4H8O.C3H5.C2H5Cl.CH4.BrH.Mg/c2*1-8-9-12(22)14-15(27-28(6,7)19(2,3)4)16(25-5)17(26-14)21-11-10-13(23)20-18(21)24;2*1-16(2,3)25(5,6)24-12-10(9-19)23-14(13(12)22-4)18-8-7-11(20)17-15(18)21;1-2-4-5-3-1;1-3-2;1-2-3;;;/h2*8,10-12,14-17,22H,1,9H2,2-7H3,(H,20,23,24);7-8,10,12-14,19H,9H2,1-6H3,(H,17,20,21);7-10,12-14H,1-6H3,(H,17,20,21);1-4H2;3H,1-2H2;2H2,1H3;1H4;1H;/q;;;;;-1;;;;+2/p-1/t12-,14+,15?,16-,17+;12-,14-,15?,16+,17-;2*10-,12?,13+,14-;;;;;;/m0111....../s1/i;;;;;;2T;;;. The van der Waals surface area contributed by atoms with Crippen LogP contribution >= 0.6 is 11.6 Å². The number of aliphatic hydroxyl groups is 3. The van der Waals surface area contributed by atoms with Crippen LogP contribution in [-0.2, 0) is 65.1 Å². The van der Waals surface area contributed by atoms with Gasteiger partial charge in [-0.15, -0.1) is 24.8 Å². The molecule has 5 aliphatic rings. The molecule has 4 aromatic heterocycles. The molecule has 5 fully saturated rings. The van der Waals surface area contributed by atoms with Gasteiger partial charge >= 0.3 is 45.8 Å². The molecule has 0 bridgehead atoms. The maximum atomic E-state index is 12.3. The number of hydrogen-bond donors (Lipinski definition) is 7. The second-order valence-electron chi connectivity index (χ2n) is 34.6. The monoisotopic (exact) mass is 1860 g/mol. The van der Waals surface area contributed by atoms with Crippen LogP contribution in [0, 0.1) is 6.92 Å². The van der Waals surface area contributed by atoms with E-state index in [1.807, 2.05) is 0 Å². The number of alkyl halides is 1. The van der Waals surface area contributed by atoms with E-state index in [4.69, 9.17) is 73.3 Å². The Kier molecular flexibility index (Phi) is 47.7. The van der Waals surface area contributed by atoms with E-state index in [9.17, 15) is 58.5 Å². The van der Waals surface area contributed by atoms with Crippen LogP contribution in [0.4, 0.5) is 0 Å². The van der Waals surface area contributed by atoms with Gasteiger partial charge in [-0.05, 0) is 98.2 Å². The Hall–Kier alpha value is -4.76. The van der Waals surface area contributed by atoms with Crippen LogP contribution in [0.3, 0.4) is 0 Å². The molecule has 682 valence electrons. The van der Waals surface area contributed by atoms with Crippen LogP contribution in [0.15, 0.2) is 125 Å². The minimum atomic E-state index is -2.23. The van der Waals surface area contributed by atoms with Gasteiger partial charge in [-0.25, -0.2) is 38.8 Å². The quantitative estimate of drug-likeness (QED) is 0.0145. The molecular weight excluding hydrogens is 1720 g/mol. The van der Waals surface area contributed by atoms with Crippen molar-refractivity contribution < 1.29 is 98.8 Å². The molecule has 5 unspecified atom stereocenters. The predicted octanol–water partition coefficient (Wildman–Crippen LogP) is 5.73. The van der Waals surface area contributed by atoms with Crippen LogP contribution in [0.1, 0.15) is 149 Å². The molecule has 0 radical (unpaired) electrons. The summed E-state index contributed by atoms with van der Waals surface area (Å²) in [5.41, 5.74) is -4.42. The van der Waals surface area contributed by atoms with Gasteiger partial charge in [0.2, 0.25) is 0 Å². The number of H-pyrrole nitrogens is 4. The van der Waals surface area contributed by atoms with Gasteiger partial charge in [0, 0.05) is 97.9 Å². The number of rotatable bonds is 24. The average Bonchev–Trinajstić information content (AvgIpc) is 1.64. The molecule has 0 aliphatic carbocycles. The first-order chi connectivity index (χ1) is 54.5. The molecular formula is C80H140BrClMgN8O25Si4. The van der Waals surface area contributed by atoms with Gasteiger partial charge in [-0.3, -0.25) is 57.4 Å². The number of ether oxygens (including phenoxy) is 9. The van der Waals surface area contributed by atoms with Crippen molar-refractivity contribution in [2.45, 2.75) is 306 Å². The Morgan fingerprint density at radius 2 is 0.750 bits per heavy atom. The number of halogens is 2. The van der Waals surface area contributed by atoms with Crippen molar-refractivity contribution in [1.29, 1.82) is 0 Å². The maximum Gasteiger partial charge on any atom is 2.00 e. The van der Waals surface area contributed by atoms with Crippen molar-refractivity contribution in [1.82, 2.24) is 38.2 Å². The summed E-state index contributed by atoms with van der Waals surface area (Å²) in [5.74, 6) is -0.444. The van der Waals surface area contributed by atoms with Crippen LogP contribution in [0.25, 0.3) is 0 Å². The number of hydrogen-bond acceptors (Lipinski definition) is 25. The third-order valence-corrected chi connectivity index (χ3v) is 40.1. The molecule has 7 N–H and O–H groups in total. The van der Waals surface area contributed by atoms with E-state index in [1.54, 1.807) is 19.1 Å². The summed E-state index contributed by atoms with van der Waals surface area (Å²) in [4.78, 5) is 115. The van der Waals surface area contributed by atoms with Gasteiger partial charge in [-0.2, -0.15) is 0 Å². The van der Waals surface area contributed by atoms with Gasteiger partial charge < -0.3 is 97.4 Å². The van der Waals surface area contributed by atoms with E-state index in [1.165, 1.54) is 115 Å². The summed E-state index contributed by atoms with van der Waals surface area (Å²) in [6, 6.07) is 4.95. The molecule has 40 heteroatoms. The topological polar surface area (TPSA) is 417 Å². The van der Waals surface area contributed by atoms with Crippen molar-refractivity contribution in [3.8, 4) is 0 Å². The van der Waals surface area contributed by atoms with Crippen molar-refractivity contribution in [3.63, 3.8) is 0 Å². The normalized spacial score (nSPS) is 25.7. The number of methoxy groups -OCH3 is 4. The second kappa shape index (κ2) is 50.5. The number of nitrogens with zero attached hydrogens (tertiary/aromatic N) is 4. The minimum absolute atomic E-state index is 0. The summed E-state index contributed by atoms with van der Waals surface area (Å²) in [5, 5.41) is 30.8. The number of nitrogens with one attached hydrogen (secondary N) is 4. The molecule has 4 aromatic rings. The van der Waals surface area contributed by atoms with Crippen molar-refractivity contribution >= 4 is 74.2 Å². The number of carbonyl (C=O) groups excluding carboxylic acids is 1. The van der Waals surface area contributed by atoms with Crippen LogP contribution in [-0.4, -0.2) is 256 Å². The van der Waals surface area contributed by atoms with E-state index in [2.05, 4.69) is 182 Å². The second-order valence-corrected chi connectivity index (χ2v) is 54.1. The molecule has 120 heavy (non-hydrogen) atoms. The zero-order valence-corrected chi connectivity index (χ0v) is 82.0. The van der Waals surface area contributed by atoms with Gasteiger partial charge in [0.05, 0.1) is 18.8 Å². The Morgan fingerprint density at radius 3 is 0.975 bits per heavy atom.